The monoisotopic (exact) mass is 283 g/mol. The third-order valence-corrected chi connectivity index (χ3v) is 3.20. The van der Waals surface area contributed by atoms with Crippen LogP contribution in [0.4, 0.5) is 5.69 Å². The van der Waals surface area contributed by atoms with Crippen molar-refractivity contribution in [3.8, 4) is 0 Å². The van der Waals surface area contributed by atoms with Gasteiger partial charge in [-0.25, -0.2) is 0 Å². The highest BCUT2D eigenvalue weighted by Gasteiger charge is 2.00. The molecular weight excluding hydrogens is 274 g/mol. The number of hydrogen-bond donors (Lipinski definition) is 1. The molecular formula is C10H10BrN3S. The number of nitrogens with zero attached hydrogens (tertiary/aromatic N) is 2. The fourth-order valence-electron chi connectivity index (χ4n) is 1.21. The summed E-state index contributed by atoms with van der Waals surface area (Å²) < 4.78 is 4.89. The fourth-order valence-corrected chi connectivity index (χ4v) is 2.30. The Balaban J connectivity index is 2.05. The maximum Gasteiger partial charge on any atom is 0.0946 e. The van der Waals surface area contributed by atoms with Crippen molar-refractivity contribution in [2.45, 2.75) is 13.5 Å². The first-order chi connectivity index (χ1) is 7.25. The molecule has 0 amide bonds. The predicted octanol–water partition coefficient (Wildman–Crippen LogP) is 3.22. The van der Waals surface area contributed by atoms with Gasteiger partial charge in [-0.05, 0) is 52.1 Å². The number of aromatic nitrogens is 2. The van der Waals surface area contributed by atoms with E-state index in [1.165, 1.54) is 17.1 Å². The van der Waals surface area contributed by atoms with Crippen molar-refractivity contribution < 1.29 is 0 Å². The van der Waals surface area contributed by atoms with Gasteiger partial charge in [-0.2, -0.15) is 0 Å². The normalized spacial score (nSPS) is 10.3. The summed E-state index contributed by atoms with van der Waals surface area (Å²) in [6, 6.07) is 6.22. The van der Waals surface area contributed by atoms with Gasteiger partial charge in [0.15, 0.2) is 0 Å². The lowest BCUT2D eigenvalue weighted by molar-refractivity contribution is 0.998. The van der Waals surface area contributed by atoms with Crippen LogP contribution in [0.15, 0.2) is 28.1 Å². The van der Waals surface area contributed by atoms with E-state index in [2.05, 4.69) is 56.0 Å². The maximum atomic E-state index is 3.97. The third kappa shape index (κ3) is 2.76. The van der Waals surface area contributed by atoms with Crippen LogP contribution in [0.2, 0.25) is 0 Å². The van der Waals surface area contributed by atoms with Gasteiger partial charge in [-0.1, -0.05) is 10.6 Å². The van der Waals surface area contributed by atoms with Crippen molar-refractivity contribution in [3.05, 3.63) is 39.3 Å². The van der Waals surface area contributed by atoms with Crippen LogP contribution in [0.3, 0.4) is 0 Å². The number of anilines is 1. The molecule has 3 nitrogen and oxygen atoms in total. The van der Waals surface area contributed by atoms with E-state index in [4.69, 9.17) is 0 Å². The summed E-state index contributed by atoms with van der Waals surface area (Å²) in [6.45, 7) is 2.77. The lowest BCUT2D eigenvalue weighted by Crippen LogP contribution is -2.00. The molecule has 0 spiro atoms. The number of aryl methyl sites for hydroxylation is 1. The molecule has 0 aliphatic heterocycles. The molecule has 0 bridgehead atoms. The van der Waals surface area contributed by atoms with E-state index >= 15 is 0 Å². The van der Waals surface area contributed by atoms with Crippen molar-refractivity contribution in [1.29, 1.82) is 0 Å². The molecule has 2 aromatic rings. The Morgan fingerprint density at radius 1 is 1.47 bits per heavy atom. The highest BCUT2D eigenvalue weighted by atomic mass is 79.9. The quantitative estimate of drug-likeness (QED) is 0.940. The molecule has 0 atom stereocenters. The molecule has 1 N–H and O–H groups in total. The first-order valence-electron chi connectivity index (χ1n) is 4.51. The average Bonchev–Trinajstić information content (AvgIpc) is 2.69. The summed E-state index contributed by atoms with van der Waals surface area (Å²) >= 11 is 4.88. The van der Waals surface area contributed by atoms with Crippen LogP contribution >= 0.6 is 27.5 Å². The van der Waals surface area contributed by atoms with Crippen LogP contribution in [0.1, 0.15) is 11.3 Å². The minimum absolute atomic E-state index is 0.707. The summed E-state index contributed by atoms with van der Waals surface area (Å²) in [6.07, 6.45) is 0. The van der Waals surface area contributed by atoms with Gasteiger partial charge in [0.25, 0.3) is 0 Å². The van der Waals surface area contributed by atoms with Crippen molar-refractivity contribution in [3.63, 3.8) is 0 Å². The van der Waals surface area contributed by atoms with Crippen LogP contribution in [-0.2, 0) is 6.54 Å². The molecule has 0 radical (unpaired) electrons. The Morgan fingerprint density at radius 2 is 2.33 bits per heavy atom. The molecule has 0 saturated carbocycles. The minimum Gasteiger partial charge on any atom is -0.378 e. The van der Waals surface area contributed by atoms with Crippen LogP contribution in [0.25, 0.3) is 0 Å². The maximum absolute atomic E-state index is 3.97. The second-order valence-corrected chi connectivity index (χ2v) is 4.70. The summed E-state index contributed by atoms with van der Waals surface area (Å²) in [4.78, 5) is 0. The Bertz CT molecular complexity index is 442. The number of benzene rings is 1. The number of halogens is 1. The molecule has 1 aromatic heterocycles. The van der Waals surface area contributed by atoms with Crippen LogP contribution < -0.4 is 5.32 Å². The zero-order valence-corrected chi connectivity index (χ0v) is 10.6. The Morgan fingerprint density at radius 3 is 3.00 bits per heavy atom. The summed E-state index contributed by atoms with van der Waals surface area (Å²) in [5.74, 6) is 0. The van der Waals surface area contributed by atoms with E-state index in [1.54, 1.807) is 0 Å². The Hall–Kier alpha value is -0.940. The van der Waals surface area contributed by atoms with E-state index in [0.29, 0.717) is 6.54 Å². The highest BCUT2D eigenvalue weighted by molar-refractivity contribution is 9.10. The SMILES string of the molecule is Cc1ccc(NCc2csnn2)c(Br)c1. The molecule has 0 aliphatic carbocycles. The first-order valence-corrected chi connectivity index (χ1v) is 6.14. The molecule has 15 heavy (non-hydrogen) atoms. The van der Waals surface area contributed by atoms with Crippen molar-refractivity contribution in [2.24, 2.45) is 0 Å². The molecule has 1 aromatic carbocycles. The van der Waals surface area contributed by atoms with E-state index < -0.39 is 0 Å². The Kier molecular flexibility index (Phi) is 3.33. The summed E-state index contributed by atoms with van der Waals surface area (Å²) in [5, 5.41) is 9.21. The molecule has 0 unspecified atom stereocenters. The zero-order valence-electron chi connectivity index (χ0n) is 8.20. The Labute approximate surface area is 101 Å². The zero-order chi connectivity index (χ0) is 10.7. The van der Waals surface area contributed by atoms with Crippen molar-refractivity contribution in [2.75, 3.05) is 5.32 Å². The van der Waals surface area contributed by atoms with Gasteiger partial charge in [0, 0.05) is 15.5 Å². The van der Waals surface area contributed by atoms with E-state index in [-0.39, 0.29) is 0 Å². The van der Waals surface area contributed by atoms with Crippen molar-refractivity contribution >= 4 is 33.1 Å². The molecule has 0 aliphatic rings. The predicted molar refractivity (Wildman–Crippen MR) is 66.1 cm³/mol. The standard InChI is InChI=1S/C10H10BrN3S/c1-7-2-3-10(9(11)4-7)12-5-8-6-15-14-13-8/h2-4,6,12H,5H2,1H3. The lowest BCUT2D eigenvalue weighted by atomic mass is 10.2. The van der Waals surface area contributed by atoms with Gasteiger partial charge >= 0.3 is 0 Å². The van der Waals surface area contributed by atoms with Crippen LogP contribution in [0.5, 0.6) is 0 Å². The van der Waals surface area contributed by atoms with Gasteiger partial charge in [0.1, 0.15) is 0 Å². The van der Waals surface area contributed by atoms with Crippen LogP contribution in [0, 0.1) is 6.92 Å². The average molecular weight is 284 g/mol. The topological polar surface area (TPSA) is 37.8 Å². The molecule has 5 heteroatoms. The van der Waals surface area contributed by atoms with E-state index in [1.807, 2.05) is 5.38 Å². The minimum atomic E-state index is 0.707. The number of hydrogen-bond acceptors (Lipinski definition) is 4. The van der Waals surface area contributed by atoms with Crippen molar-refractivity contribution in [1.82, 2.24) is 9.59 Å². The van der Waals surface area contributed by atoms with Gasteiger partial charge in [0.05, 0.1) is 12.2 Å². The van der Waals surface area contributed by atoms with E-state index in [0.717, 1.165) is 15.9 Å². The molecule has 0 fully saturated rings. The number of nitrogens with one attached hydrogen (secondary N) is 1. The fraction of sp³-hybridized carbons (Fsp3) is 0.200. The molecule has 0 saturated heterocycles. The van der Waals surface area contributed by atoms with Gasteiger partial charge in [-0.15, -0.1) is 5.10 Å². The number of rotatable bonds is 3. The van der Waals surface area contributed by atoms with Gasteiger partial charge in [-0.3, -0.25) is 0 Å². The van der Waals surface area contributed by atoms with Crippen LogP contribution in [-0.4, -0.2) is 9.59 Å². The van der Waals surface area contributed by atoms with E-state index in [9.17, 15) is 0 Å². The molecule has 78 valence electrons. The molecule has 1 heterocycles. The molecule has 2 rings (SSSR count). The second kappa shape index (κ2) is 4.72. The van der Waals surface area contributed by atoms with Gasteiger partial charge < -0.3 is 5.32 Å². The second-order valence-electron chi connectivity index (χ2n) is 3.23. The van der Waals surface area contributed by atoms with Gasteiger partial charge in [0.2, 0.25) is 0 Å². The smallest absolute Gasteiger partial charge is 0.0946 e. The third-order valence-electron chi connectivity index (χ3n) is 1.99. The highest BCUT2D eigenvalue weighted by Crippen LogP contribution is 2.23. The summed E-state index contributed by atoms with van der Waals surface area (Å²) in [5.41, 5.74) is 3.28. The lowest BCUT2D eigenvalue weighted by Gasteiger charge is -2.07. The largest absolute Gasteiger partial charge is 0.378 e. The first kappa shape index (κ1) is 10.6. The summed E-state index contributed by atoms with van der Waals surface area (Å²) in [7, 11) is 0.